The summed E-state index contributed by atoms with van der Waals surface area (Å²) in [4.78, 5) is 25.2. The summed E-state index contributed by atoms with van der Waals surface area (Å²) >= 11 is 0. The number of ether oxygens (including phenoxy) is 2. The van der Waals surface area contributed by atoms with Gasteiger partial charge in [0.1, 0.15) is 11.5 Å². The third-order valence-electron chi connectivity index (χ3n) is 6.13. The molecule has 0 heterocycles. The Morgan fingerprint density at radius 2 is 1.46 bits per heavy atom. The van der Waals surface area contributed by atoms with E-state index in [1.807, 2.05) is 104 Å². The van der Waals surface area contributed by atoms with Crippen LogP contribution in [0.1, 0.15) is 21.5 Å². The summed E-state index contributed by atoms with van der Waals surface area (Å²) in [5.41, 5.74) is 6.72. The summed E-state index contributed by atoms with van der Waals surface area (Å²) in [6.45, 7) is 1.75. The number of fused-ring (bicyclic) bond motifs is 1. The fourth-order valence-electron chi connectivity index (χ4n) is 4.07. The van der Waals surface area contributed by atoms with E-state index in [1.54, 1.807) is 18.2 Å². The maximum Gasteiger partial charge on any atom is 0.343 e. The lowest BCUT2D eigenvalue weighted by Gasteiger charge is -2.11. The summed E-state index contributed by atoms with van der Waals surface area (Å²) in [5, 5.41) is 5.89. The van der Waals surface area contributed by atoms with Crippen LogP contribution in [0.3, 0.4) is 0 Å². The van der Waals surface area contributed by atoms with Crippen molar-refractivity contribution < 1.29 is 19.1 Å². The SMILES string of the molecule is Cc1ccc(C(=O)Oc2ccc3ccccc3c2/C=N\NC(=O)COc2ccc(-c3ccccc3)cc2)cc1. The largest absolute Gasteiger partial charge is 0.484 e. The van der Waals surface area contributed by atoms with Gasteiger partial charge in [0.15, 0.2) is 6.61 Å². The normalized spacial score (nSPS) is 10.9. The molecule has 0 unspecified atom stereocenters. The Kier molecular flexibility index (Phi) is 7.74. The first kappa shape index (κ1) is 25.4. The van der Waals surface area contributed by atoms with Crippen LogP contribution in [-0.4, -0.2) is 24.7 Å². The maximum atomic E-state index is 12.8. The lowest BCUT2D eigenvalue weighted by molar-refractivity contribution is -0.123. The van der Waals surface area contributed by atoms with Crippen LogP contribution < -0.4 is 14.9 Å². The minimum Gasteiger partial charge on any atom is -0.484 e. The van der Waals surface area contributed by atoms with Crippen LogP contribution in [0.2, 0.25) is 0 Å². The fourth-order valence-corrected chi connectivity index (χ4v) is 4.07. The van der Waals surface area contributed by atoms with Crippen molar-refractivity contribution in [2.75, 3.05) is 6.61 Å². The molecule has 0 saturated heterocycles. The predicted octanol–water partition coefficient (Wildman–Crippen LogP) is 6.56. The molecule has 1 N–H and O–H groups in total. The van der Waals surface area contributed by atoms with Crippen molar-refractivity contribution >= 4 is 28.9 Å². The van der Waals surface area contributed by atoms with Gasteiger partial charge in [0.25, 0.3) is 5.91 Å². The summed E-state index contributed by atoms with van der Waals surface area (Å²) in [7, 11) is 0. The average molecular weight is 515 g/mol. The molecule has 6 nitrogen and oxygen atoms in total. The van der Waals surface area contributed by atoms with Crippen molar-refractivity contribution in [2.45, 2.75) is 6.92 Å². The second-order valence-electron chi connectivity index (χ2n) is 8.93. The molecule has 0 aliphatic heterocycles. The van der Waals surface area contributed by atoms with E-state index in [0.717, 1.165) is 27.5 Å². The Morgan fingerprint density at radius 3 is 2.23 bits per heavy atom. The van der Waals surface area contributed by atoms with Crippen molar-refractivity contribution in [3.63, 3.8) is 0 Å². The topological polar surface area (TPSA) is 77.0 Å². The number of hydrogen-bond donors (Lipinski definition) is 1. The number of nitrogens with zero attached hydrogens (tertiary/aromatic N) is 1. The molecule has 0 radical (unpaired) electrons. The summed E-state index contributed by atoms with van der Waals surface area (Å²) in [6.07, 6.45) is 1.48. The van der Waals surface area contributed by atoms with E-state index < -0.39 is 11.9 Å². The minimum atomic E-state index is -0.476. The molecule has 0 atom stereocenters. The number of aryl methyl sites for hydroxylation is 1. The van der Waals surface area contributed by atoms with Crippen molar-refractivity contribution in [2.24, 2.45) is 5.10 Å². The molecule has 192 valence electrons. The van der Waals surface area contributed by atoms with Gasteiger partial charge in [-0.25, -0.2) is 10.2 Å². The van der Waals surface area contributed by atoms with E-state index in [2.05, 4.69) is 10.5 Å². The van der Waals surface area contributed by atoms with E-state index in [9.17, 15) is 9.59 Å². The van der Waals surface area contributed by atoms with Crippen molar-refractivity contribution in [1.29, 1.82) is 0 Å². The molecule has 1 amide bonds. The Bertz CT molecular complexity index is 1630. The van der Waals surface area contributed by atoms with Crippen LogP contribution in [0.25, 0.3) is 21.9 Å². The smallest absolute Gasteiger partial charge is 0.343 e. The van der Waals surface area contributed by atoms with Crippen LogP contribution in [0.4, 0.5) is 0 Å². The third-order valence-corrected chi connectivity index (χ3v) is 6.13. The summed E-state index contributed by atoms with van der Waals surface area (Å²) in [5.74, 6) is 0.0210. The molecule has 39 heavy (non-hydrogen) atoms. The van der Waals surface area contributed by atoms with Gasteiger partial charge in [-0.3, -0.25) is 4.79 Å². The number of nitrogens with one attached hydrogen (secondary N) is 1. The molecule has 0 aromatic heterocycles. The van der Waals surface area contributed by atoms with Gasteiger partial charge in [-0.15, -0.1) is 0 Å². The van der Waals surface area contributed by atoms with Gasteiger partial charge in [-0.1, -0.05) is 90.5 Å². The van der Waals surface area contributed by atoms with Crippen LogP contribution in [0.5, 0.6) is 11.5 Å². The van der Waals surface area contributed by atoms with E-state index in [0.29, 0.717) is 22.6 Å². The standard InChI is InChI=1S/C33H26N2O4/c1-23-11-13-27(14-12-23)33(37)39-31-20-17-26-9-5-6-10-29(26)30(31)21-34-35-32(36)22-38-28-18-15-25(16-19-28)24-7-3-2-4-8-24/h2-21H,22H2,1H3,(H,35,36)/b34-21-. The maximum absolute atomic E-state index is 12.8. The number of amides is 1. The van der Waals surface area contributed by atoms with Crippen molar-refractivity contribution in [1.82, 2.24) is 5.43 Å². The van der Waals surface area contributed by atoms with Crippen molar-refractivity contribution in [3.05, 3.63) is 132 Å². The van der Waals surface area contributed by atoms with Gasteiger partial charge in [0.05, 0.1) is 11.8 Å². The van der Waals surface area contributed by atoms with Gasteiger partial charge in [-0.2, -0.15) is 5.10 Å². The Morgan fingerprint density at radius 1 is 0.769 bits per heavy atom. The fraction of sp³-hybridized carbons (Fsp3) is 0.0606. The second-order valence-corrected chi connectivity index (χ2v) is 8.93. The number of benzene rings is 5. The number of hydrogen-bond acceptors (Lipinski definition) is 5. The first-order valence-electron chi connectivity index (χ1n) is 12.5. The molecule has 5 rings (SSSR count). The predicted molar refractivity (Wildman–Crippen MR) is 153 cm³/mol. The number of esters is 1. The van der Waals surface area contributed by atoms with Gasteiger partial charge in [0, 0.05) is 5.56 Å². The molecule has 5 aromatic rings. The Labute approximate surface area is 226 Å². The van der Waals surface area contributed by atoms with Gasteiger partial charge in [-0.05, 0) is 59.2 Å². The number of hydrazone groups is 1. The summed E-state index contributed by atoms with van der Waals surface area (Å²) < 4.78 is 11.3. The third kappa shape index (κ3) is 6.37. The molecule has 0 aliphatic carbocycles. The lowest BCUT2D eigenvalue weighted by Crippen LogP contribution is -2.24. The molecular weight excluding hydrogens is 488 g/mol. The van der Waals surface area contributed by atoms with E-state index >= 15 is 0 Å². The van der Waals surface area contributed by atoms with Crippen LogP contribution in [0.15, 0.2) is 120 Å². The Hall–Kier alpha value is -5.23. The highest BCUT2D eigenvalue weighted by atomic mass is 16.5. The van der Waals surface area contributed by atoms with Gasteiger partial charge in [0.2, 0.25) is 0 Å². The van der Waals surface area contributed by atoms with Gasteiger partial charge >= 0.3 is 5.97 Å². The minimum absolute atomic E-state index is 0.202. The zero-order chi connectivity index (χ0) is 27.0. The average Bonchev–Trinajstić information content (AvgIpc) is 2.98. The molecule has 0 spiro atoms. The number of rotatable bonds is 8. The van der Waals surface area contributed by atoms with E-state index in [-0.39, 0.29) is 6.61 Å². The first-order valence-corrected chi connectivity index (χ1v) is 12.5. The Balaban J connectivity index is 1.25. The lowest BCUT2D eigenvalue weighted by atomic mass is 10.0. The van der Waals surface area contributed by atoms with Crippen molar-refractivity contribution in [3.8, 4) is 22.6 Å². The highest BCUT2D eigenvalue weighted by molar-refractivity contribution is 6.04. The molecule has 0 bridgehead atoms. The number of carbonyl (C=O) groups excluding carboxylic acids is 2. The van der Waals surface area contributed by atoms with E-state index in [1.165, 1.54) is 6.21 Å². The summed E-state index contributed by atoms with van der Waals surface area (Å²) in [6, 6.07) is 36.0. The molecule has 0 saturated carbocycles. The molecule has 0 fully saturated rings. The highest BCUT2D eigenvalue weighted by Gasteiger charge is 2.14. The molecule has 5 aromatic carbocycles. The van der Waals surface area contributed by atoms with Crippen LogP contribution >= 0.6 is 0 Å². The van der Waals surface area contributed by atoms with Crippen LogP contribution in [-0.2, 0) is 4.79 Å². The zero-order valence-corrected chi connectivity index (χ0v) is 21.3. The van der Waals surface area contributed by atoms with Crippen LogP contribution in [0, 0.1) is 6.92 Å². The first-order chi connectivity index (χ1) is 19.1. The molecule has 6 heteroatoms. The highest BCUT2D eigenvalue weighted by Crippen LogP contribution is 2.27. The van der Waals surface area contributed by atoms with E-state index in [4.69, 9.17) is 9.47 Å². The second kappa shape index (κ2) is 11.9. The zero-order valence-electron chi connectivity index (χ0n) is 21.3. The quantitative estimate of drug-likeness (QED) is 0.110. The molecular formula is C33H26N2O4. The molecule has 0 aliphatic rings. The monoisotopic (exact) mass is 514 g/mol. The number of carbonyl (C=O) groups is 2. The van der Waals surface area contributed by atoms with Gasteiger partial charge < -0.3 is 9.47 Å².